The van der Waals surface area contributed by atoms with Gasteiger partial charge < -0.3 is 9.88 Å². The summed E-state index contributed by atoms with van der Waals surface area (Å²) in [6.45, 7) is 3.39. The number of nitrogens with one attached hydrogen (secondary N) is 1. The maximum absolute atomic E-state index is 4.51. The zero-order valence-corrected chi connectivity index (χ0v) is 11.0. The maximum atomic E-state index is 4.51. The van der Waals surface area contributed by atoms with Crippen molar-refractivity contribution in [2.75, 3.05) is 11.4 Å². The van der Waals surface area contributed by atoms with Gasteiger partial charge in [-0.3, -0.25) is 4.40 Å². The van der Waals surface area contributed by atoms with E-state index in [2.05, 4.69) is 37.2 Å². The number of aromatic amines is 1. The van der Waals surface area contributed by atoms with Crippen molar-refractivity contribution in [3.63, 3.8) is 0 Å². The highest BCUT2D eigenvalue weighted by molar-refractivity contribution is 5.77. The monoisotopic (exact) mass is 255 g/mol. The summed E-state index contributed by atoms with van der Waals surface area (Å²) in [6, 6.07) is 2.71. The van der Waals surface area contributed by atoms with E-state index in [9.17, 15) is 0 Å². The predicted molar refractivity (Wildman–Crippen MR) is 75.5 cm³/mol. The largest absolute Gasteiger partial charge is 0.353 e. The SMILES string of the molecule is CC[C@@H]1CCCN1c1cnc2cnc3[nH]ccc3n12. The third-order valence-corrected chi connectivity index (χ3v) is 4.17. The van der Waals surface area contributed by atoms with Gasteiger partial charge in [0, 0.05) is 18.8 Å². The molecule has 3 aromatic heterocycles. The molecule has 5 heteroatoms. The molecule has 0 unspecified atom stereocenters. The number of H-pyrrole nitrogens is 1. The summed E-state index contributed by atoms with van der Waals surface area (Å²) < 4.78 is 2.22. The molecule has 0 aliphatic carbocycles. The lowest BCUT2D eigenvalue weighted by Gasteiger charge is -2.25. The molecule has 4 heterocycles. The van der Waals surface area contributed by atoms with E-state index in [1.54, 1.807) is 0 Å². The van der Waals surface area contributed by atoms with Crippen molar-refractivity contribution >= 4 is 22.6 Å². The Bertz CT molecular complexity index is 726. The van der Waals surface area contributed by atoms with Gasteiger partial charge in [-0.1, -0.05) is 6.92 Å². The van der Waals surface area contributed by atoms with Gasteiger partial charge in [-0.2, -0.15) is 0 Å². The van der Waals surface area contributed by atoms with Crippen LogP contribution in [0.1, 0.15) is 26.2 Å². The van der Waals surface area contributed by atoms with E-state index in [0.717, 1.165) is 23.4 Å². The van der Waals surface area contributed by atoms with Gasteiger partial charge in [-0.25, -0.2) is 9.97 Å². The number of anilines is 1. The van der Waals surface area contributed by atoms with Crippen LogP contribution in [0.15, 0.2) is 24.7 Å². The summed E-state index contributed by atoms with van der Waals surface area (Å²) in [4.78, 5) is 14.6. The normalized spacial score (nSPS) is 19.8. The Morgan fingerprint density at radius 3 is 3.21 bits per heavy atom. The molecule has 98 valence electrons. The first kappa shape index (κ1) is 10.8. The topological polar surface area (TPSA) is 49.2 Å². The molecule has 1 aliphatic rings. The van der Waals surface area contributed by atoms with Crippen LogP contribution in [0.4, 0.5) is 5.82 Å². The second kappa shape index (κ2) is 3.98. The lowest BCUT2D eigenvalue weighted by Crippen LogP contribution is -2.29. The summed E-state index contributed by atoms with van der Waals surface area (Å²) >= 11 is 0. The first-order chi connectivity index (χ1) is 9.38. The molecule has 1 aliphatic heterocycles. The highest BCUT2D eigenvalue weighted by Crippen LogP contribution is 2.29. The fraction of sp³-hybridized carbons (Fsp3) is 0.429. The fourth-order valence-electron chi connectivity index (χ4n) is 3.22. The lowest BCUT2D eigenvalue weighted by atomic mass is 10.2. The fourth-order valence-corrected chi connectivity index (χ4v) is 3.22. The number of hydrogen-bond donors (Lipinski definition) is 1. The Morgan fingerprint density at radius 1 is 1.37 bits per heavy atom. The van der Waals surface area contributed by atoms with Crippen LogP contribution >= 0.6 is 0 Å². The van der Waals surface area contributed by atoms with Gasteiger partial charge in [0.25, 0.3) is 0 Å². The molecule has 1 fully saturated rings. The first-order valence-electron chi connectivity index (χ1n) is 6.94. The number of fused-ring (bicyclic) bond motifs is 3. The van der Waals surface area contributed by atoms with Crippen LogP contribution in [0.25, 0.3) is 16.8 Å². The van der Waals surface area contributed by atoms with E-state index in [-0.39, 0.29) is 0 Å². The van der Waals surface area contributed by atoms with Crippen molar-refractivity contribution in [2.45, 2.75) is 32.2 Å². The van der Waals surface area contributed by atoms with Crippen molar-refractivity contribution < 1.29 is 0 Å². The Balaban J connectivity index is 1.96. The summed E-state index contributed by atoms with van der Waals surface area (Å²) in [7, 11) is 0. The van der Waals surface area contributed by atoms with Crippen LogP contribution in [0.2, 0.25) is 0 Å². The highest BCUT2D eigenvalue weighted by atomic mass is 15.3. The Hall–Kier alpha value is -2.04. The van der Waals surface area contributed by atoms with Crippen LogP contribution in [0, 0.1) is 0 Å². The molecule has 1 atom stereocenters. The van der Waals surface area contributed by atoms with Gasteiger partial charge in [-0.05, 0) is 25.3 Å². The number of hydrogen-bond acceptors (Lipinski definition) is 3. The van der Waals surface area contributed by atoms with Crippen molar-refractivity contribution in [3.05, 3.63) is 24.7 Å². The summed E-state index contributed by atoms with van der Waals surface area (Å²) in [5.41, 5.74) is 2.94. The molecular formula is C14H17N5. The highest BCUT2D eigenvalue weighted by Gasteiger charge is 2.26. The molecule has 5 nitrogen and oxygen atoms in total. The molecule has 1 N–H and O–H groups in total. The zero-order valence-electron chi connectivity index (χ0n) is 11.0. The van der Waals surface area contributed by atoms with Gasteiger partial charge >= 0.3 is 0 Å². The van der Waals surface area contributed by atoms with Crippen molar-refractivity contribution in [2.24, 2.45) is 0 Å². The van der Waals surface area contributed by atoms with Crippen LogP contribution in [0.5, 0.6) is 0 Å². The summed E-state index contributed by atoms with van der Waals surface area (Å²) in [6.07, 6.45) is 9.49. The molecule has 1 saturated heterocycles. The maximum Gasteiger partial charge on any atom is 0.157 e. The summed E-state index contributed by atoms with van der Waals surface area (Å²) in [5.74, 6) is 1.20. The minimum Gasteiger partial charge on any atom is -0.353 e. The van der Waals surface area contributed by atoms with Crippen LogP contribution in [-0.2, 0) is 0 Å². The van der Waals surface area contributed by atoms with Crippen LogP contribution < -0.4 is 4.90 Å². The van der Waals surface area contributed by atoms with Crippen molar-refractivity contribution in [1.82, 2.24) is 19.4 Å². The van der Waals surface area contributed by atoms with Gasteiger partial charge in [0.2, 0.25) is 0 Å². The molecule has 0 amide bonds. The van der Waals surface area contributed by atoms with Crippen molar-refractivity contribution in [1.29, 1.82) is 0 Å². The third kappa shape index (κ3) is 1.47. The van der Waals surface area contributed by atoms with E-state index in [4.69, 9.17) is 0 Å². The molecule has 0 aromatic carbocycles. The Kier molecular flexibility index (Phi) is 2.27. The minimum absolute atomic E-state index is 0.641. The average molecular weight is 255 g/mol. The molecule has 0 saturated carbocycles. The molecule has 0 spiro atoms. The predicted octanol–water partition coefficient (Wildman–Crippen LogP) is 2.59. The molecule has 0 bridgehead atoms. The minimum atomic E-state index is 0.641. The number of aromatic nitrogens is 4. The molecule has 3 aromatic rings. The van der Waals surface area contributed by atoms with Gasteiger partial charge in [-0.15, -0.1) is 0 Å². The van der Waals surface area contributed by atoms with E-state index in [1.165, 1.54) is 25.1 Å². The average Bonchev–Trinajstić information content (AvgIpc) is 3.15. The molecule has 4 rings (SSSR count). The van der Waals surface area contributed by atoms with Gasteiger partial charge in [0.05, 0.1) is 17.9 Å². The Morgan fingerprint density at radius 2 is 2.32 bits per heavy atom. The van der Waals surface area contributed by atoms with Gasteiger partial charge in [0.15, 0.2) is 11.3 Å². The van der Waals surface area contributed by atoms with Crippen LogP contribution in [0.3, 0.4) is 0 Å². The van der Waals surface area contributed by atoms with E-state index in [1.807, 2.05) is 18.6 Å². The summed E-state index contributed by atoms with van der Waals surface area (Å²) in [5, 5.41) is 0. The van der Waals surface area contributed by atoms with Gasteiger partial charge in [0.1, 0.15) is 5.82 Å². The van der Waals surface area contributed by atoms with E-state index < -0.39 is 0 Å². The second-order valence-electron chi connectivity index (χ2n) is 5.18. The number of rotatable bonds is 2. The molecule has 19 heavy (non-hydrogen) atoms. The smallest absolute Gasteiger partial charge is 0.157 e. The number of nitrogens with zero attached hydrogens (tertiary/aromatic N) is 4. The van der Waals surface area contributed by atoms with E-state index >= 15 is 0 Å². The first-order valence-corrected chi connectivity index (χ1v) is 6.94. The lowest BCUT2D eigenvalue weighted by molar-refractivity contribution is 0.640. The third-order valence-electron chi connectivity index (χ3n) is 4.17. The van der Waals surface area contributed by atoms with Crippen LogP contribution in [-0.4, -0.2) is 31.9 Å². The number of imidazole rings is 1. The van der Waals surface area contributed by atoms with E-state index in [0.29, 0.717) is 6.04 Å². The quantitative estimate of drug-likeness (QED) is 0.765. The van der Waals surface area contributed by atoms with Crippen molar-refractivity contribution in [3.8, 4) is 0 Å². The molecular weight excluding hydrogens is 238 g/mol. The second-order valence-corrected chi connectivity index (χ2v) is 5.18. The molecule has 0 radical (unpaired) electrons. The Labute approximate surface area is 111 Å². The zero-order chi connectivity index (χ0) is 12.8. The standard InChI is InChI=1S/C14H17N5/c1-2-10-4-3-7-18(10)13-9-16-12-8-17-14-11(19(12)13)5-6-15-14/h5-6,8-10,15H,2-4,7H2,1H3/t10-/m1/s1.